The van der Waals surface area contributed by atoms with Crippen molar-refractivity contribution >= 4 is 16.9 Å². The fourth-order valence-electron chi connectivity index (χ4n) is 5.40. The molecule has 2 atom stereocenters. The normalized spacial score (nSPS) is 18.5. The molecule has 2 aromatic heterocycles. The Labute approximate surface area is 207 Å². The average Bonchev–Trinajstić information content (AvgIpc) is 2.88. The molecule has 0 bridgehead atoms. The molecule has 1 aliphatic heterocycles. The number of fused-ring (bicyclic) bond motifs is 1. The van der Waals surface area contributed by atoms with Crippen molar-refractivity contribution in [3.8, 4) is 5.75 Å². The molecule has 2 unspecified atom stereocenters. The van der Waals surface area contributed by atoms with E-state index in [-0.39, 0.29) is 6.42 Å². The molecule has 4 rings (SSSR count). The Morgan fingerprint density at radius 1 is 1.09 bits per heavy atom. The van der Waals surface area contributed by atoms with E-state index in [1.54, 1.807) is 19.5 Å². The van der Waals surface area contributed by atoms with Crippen LogP contribution in [0, 0.1) is 11.8 Å². The van der Waals surface area contributed by atoms with Crippen molar-refractivity contribution in [2.24, 2.45) is 11.8 Å². The summed E-state index contributed by atoms with van der Waals surface area (Å²) in [6, 6.07) is 8.16. The van der Waals surface area contributed by atoms with Gasteiger partial charge in [-0.05, 0) is 99.7 Å². The summed E-state index contributed by atoms with van der Waals surface area (Å²) < 4.78 is 5.41. The summed E-state index contributed by atoms with van der Waals surface area (Å²) in [6.07, 6.45) is 14.5. The highest BCUT2D eigenvalue weighted by atomic mass is 16.5. The number of carboxylic acids is 1. The van der Waals surface area contributed by atoms with Gasteiger partial charge in [0, 0.05) is 43.1 Å². The van der Waals surface area contributed by atoms with Gasteiger partial charge >= 0.3 is 5.97 Å². The van der Waals surface area contributed by atoms with Crippen LogP contribution in [0.1, 0.15) is 49.8 Å². The number of aryl methyl sites for hydroxylation is 2. The molecule has 0 radical (unpaired) electrons. The first-order valence-corrected chi connectivity index (χ1v) is 12.7. The zero-order valence-electron chi connectivity index (χ0n) is 20.6. The topological polar surface area (TPSA) is 88.4 Å². The second kappa shape index (κ2) is 12.6. The number of ether oxygens (including phenoxy) is 1. The molecule has 1 fully saturated rings. The van der Waals surface area contributed by atoms with E-state index in [0.717, 1.165) is 86.9 Å². The number of rotatable bonds is 12. The number of likely N-dealkylation sites (tertiary alicyclic amines) is 1. The third kappa shape index (κ3) is 7.21. The molecule has 3 heterocycles. The van der Waals surface area contributed by atoms with Crippen molar-refractivity contribution < 1.29 is 14.6 Å². The zero-order chi connectivity index (χ0) is 24.5. The second-order valence-corrected chi connectivity index (χ2v) is 9.59. The van der Waals surface area contributed by atoms with Crippen molar-refractivity contribution in [3.05, 3.63) is 60.3 Å². The van der Waals surface area contributed by atoms with E-state index in [2.05, 4.69) is 32.0 Å². The summed E-state index contributed by atoms with van der Waals surface area (Å²) in [7, 11) is 1.69. The van der Waals surface area contributed by atoms with E-state index >= 15 is 0 Å². The summed E-state index contributed by atoms with van der Waals surface area (Å²) >= 11 is 0. The first kappa shape index (κ1) is 25.0. The lowest BCUT2D eigenvalue weighted by Crippen LogP contribution is -2.41. The van der Waals surface area contributed by atoms with Gasteiger partial charge in [0.15, 0.2) is 0 Å². The predicted octanol–water partition coefficient (Wildman–Crippen LogP) is 4.79. The van der Waals surface area contributed by atoms with Crippen LogP contribution in [0.25, 0.3) is 10.9 Å². The molecule has 0 saturated carbocycles. The molecule has 3 aromatic rings. The average molecular weight is 477 g/mol. The minimum Gasteiger partial charge on any atom is -0.497 e. The molecular formula is C28H36N4O3. The largest absolute Gasteiger partial charge is 0.497 e. The number of pyridine rings is 1. The molecule has 1 aliphatic rings. The monoisotopic (exact) mass is 476 g/mol. The molecule has 7 nitrogen and oxygen atoms in total. The number of aliphatic carboxylic acids is 1. The van der Waals surface area contributed by atoms with Crippen molar-refractivity contribution in [1.29, 1.82) is 0 Å². The molecular weight excluding hydrogens is 440 g/mol. The van der Waals surface area contributed by atoms with Gasteiger partial charge < -0.3 is 14.7 Å². The molecule has 1 N–H and O–H groups in total. The molecule has 1 aromatic carbocycles. The highest BCUT2D eigenvalue weighted by Gasteiger charge is 2.29. The molecule has 0 aliphatic carbocycles. The van der Waals surface area contributed by atoms with Crippen molar-refractivity contribution in [1.82, 2.24) is 19.9 Å². The van der Waals surface area contributed by atoms with E-state index in [4.69, 9.17) is 4.74 Å². The minimum atomic E-state index is -0.694. The first-order chi connectivity index (χ1) is 17.1. The fraction of sp³-hybridized carbons (Fsp3) is 0.500. The summed E-state index contributed by atoms with van der Waals surface area (Å²) in [5.41, 5.74) is 3.33. The van der Waals surface area contributed by atoms with Gasteiger partial charge in [0.25, 0.3) is 0 Å². The van der Waals surface area contributed by atoms with Crippen LogP contribution in [0.2, 0.25) is 0 Å². The Kier molecular flexibility index (Phi) is 9.01. The van der Waals surface area contributed by atoms with Crippen LogP contribution in [0.15, 0.2) is 49.1 Å². The summed E-state index contributed by atoms with van der Waals surface area (Å²) in [4.78, 5) is 26.8. The van der Waals surface area contributed by atoms with Crippen LogP contribution < -0.4 is 4.74 Å². The van der Waals surface area contributed by atoms with Crippen LogP contribution in [0.4, 0.5) is 0 Å². The lowest BCUT2D eigenvalue weighted by Gasteiger charge is -2.39. The highest BCUT2D eigenvalue weighted by molar-refractivity contribution is 5.83. The molecule has 186 valence electrons. The third-order valence-electron chi connectivity index (χ3n) is 7.29. The van der Waals surface area contributed by atoms with Gasteiger partial charge in [-0.3, -0.25) is 19.7 Å². The SMILES string of the molecule is COc1ccc2nccc(CCCC3CCN(CCCc4cnccn4)CC3CCC(=O)O)c2c1. The lowest BCUT2D eigenvalue weighted by molar-refractivity contribution is -0.137. The standard InChI is InChI=1S/C28H36N4O3/c1-35-25-8-9-27-26(18-25)22(11-13-31-27)5-2-4-21-12-17-32(20-23(21)7-10-28(33)34)16-3-6-24-19-29-14-15-30-24/h8-9,11,13-15,18-19,21,23H,2-7,10,12,16-17,20H2,1H3,(H,33,34). The number of carbonyl (C=O) groups is 1. The predicted molar refractivity (Wildman–Crippen MR) is 136 cm³/mol. The van der Waals surface area contributed by atoms with E-state index in [0.29, 0.717) is 11.8 Å². The van der Waals surface area contributed by atoms with Gasteiger partial charge in [-0.25, -0.2) is 0 Å². The van der Waals surface area contributed by atoms with E-state index < -0.39 is 5.97 Å². The quantitative estimate of drug-likeness (QED) is 0.402. The van der Waals surface area contributed by atoms with Crippen molar-refractivity contribution in [2.75, 3.05) is 26.7 Å². The summed E-state index contributed by atoms with van der Waals surface area (Å²) in [5.74, 6) is 1.17. The Morgan fingerprint density at radius 2 is 2.00 bits per heavy atom. The van der Waals surface area contributed by atoms with Gasteiger partial charge in [0.05, 0.1) is 18.3 Å². The number of nitrogens with zero attached hydrogens (tertiary/aromatic N) is 4. The molecule has 7 heteroatoms. The Balaban J connectivity index is 1.31. The Hall–Kier alpha value is -3.06. The number of hydrogen-bond donors (Lipinski definition) is 1. The smallest absolute Gasteiger partial charge is 0.303 e. The maximum atomic E-state index is 11.3. The first-order valence-electron chi connectivity index (χ1n) is 12.7. The molecule has 35 heavy (non-hydrogen) atoms. The van der Waals surface area contributed by atoms with Crippen molar-refractivity contribution in [3.63, 3.8) is 0 Å². The number of aromatic nitrogens is 3. The van der Waals surface area contributed by atoms with E-state index in [9.17, 15) is 9.90 Å². The van der Waals surface area contributed by atoms with Gasteiger partial charge in [0.1, 0.15) is 5.75 Å². The third-order valence-corrected chi connectivity index (χ3v) is 7.29. The molecule has 0 amide bonds. The van der Waals surface area contributed by atoms with Gasteiger partial charge in [-0.2, -0.15) is 0 Å². The van der Waals surface area contributed by atoms with Gasteiger partial charge in [-0.1, -0.05) is 0 Å². The molecule has 1 saturated heterocycles. The lowest BCUT2D eigenvalue weighted by atomic mass is 9.79. The van der Waals surface area contributed by atoms with Gasteiger partial charge in [-0.15, -0.1) is 0 Å². The van der Waals surface area contributed by atoms with Crippen molar-refractivity contribution in [2.45, 2.75) is 51.4 Å². The minimum absolute atomic E-state index is 0.253. The van der Waals surface area contributed by atoms with Gasteiger partial charge in [0.2, 0.25) is 0 Å². The van der Waals surface area contributed by atoms with Crippen LogP contribution >= 0.6 is 0 Å². The summed E-state index contributed by atoms with van der Waals surface area (Å²) in [5, 5.41) is 10.4. The second-order valence-electron chi connectivity index (χ2n) is 9.59. The number of carboxylic acid groups (broad SMARTS) is 1. The summed E-state index contributed by atoms with van der Waals surface area (Å²) in [6.45, 7) is 3.11. The van der Waals surface area contributed by atoms with E-state index in [1.807, 2.05) is 24.5 Å². The van der Waals surface area contributed by atoms with Crippen LogP contribution in [-0.4, -0.2) is 57.7 Å². The molecule has 0 spiro atoms. The Morgan fingerprint density at radius 3 is 2.80 bits per heavy atom. The van der Waals surface area contributed by atoms with Crippen LogP contribution in [-0.2, 0) is 17.6 Å². The zero-order valence-corrected chi connectivity index (χ0v) is 20.6. The Bertz CT molecular complexity index is 1090. The number of piperidine rings is 1. The number of hydrogen-bond acceptors (Lipinski definition) is 6. The van der Waals surface area contributed by atoms with Crippen LogP contribution in [0.3, 0.4) is 0 Å². The maximum absolute atomic E-state index is 11.3. The van der Waals surface area contributed by atoms with Crippen LogP contribution in [0.5, 0.6) is 5.75 Å². The number of methoxy groups -OCH3 is 1. The number of benzene rings is 1. The fourth-order valence-corrected chi connectivity index (χ4v) is 5.40. The highest BCUT2D eigenvalue weighted by Crippen LogP contribution is 2.32. The van der Waals surface area contributed by atoms with E-state index in [1.165, 1.54) is 5.56 Å². The maximum Gasteiger partial charge on any atom is 0.303 e.